The first-order chi connectivity index (χ1) is 9.99. The van der Waals surface area contributed by atoms with Gasteiger partial charge in [0.15, 0.2) is 0 Å². The fraction of sp³-hybridized carbons (Fsp3) is 0.857. The minimum Gasteiger partial charge on any atom is -0.480 e. The Balaban J connectivity index is 1.70. The zero-order valence-electron chi connectivity index (χ0n) is 12.9. The van der Waals surface area contributed by atoms with E-state index in [1.807, 2.05) is 16.7 Å². The number of nitrogens with zero attached hydrogens (tertiary/aromatic N) is 3. The van der Waals surface area contributed by atoms with Crippen LogP contribution in [0.25, 0.3) is 0 Å². The molecule has 2 amide bonds. The monoisotopic (exact) mass is 298 g/mol. The number of amides is 2. The summed E-state index contributed by atoms with van der Waals surface area (Å²) in [6.45, 7) is 6.18. The number of carboxylic acid groups (broad SMARTS) is 1. The van der Waals surface area contributed by atoms with Crippen molar-refractivity contribution in [1.82, 2.24) is 20.0 Å². The number of hydrogen-bond donors (Lipinski definition) is 2. The van der Waals surface area contributed by atoms with E-state index in [2.05, 4.69) is 17.3 Å². The molecule has 2 N–H and O–H groups in total. The lowest BCUT2D eigenvalue weighted by molar-refractivity contribution is -0.139. The molecule has 0 aromatic heterocycles. The van der Waals surface area contributed by atoms with E-state index < -0.39 is 5.97 Å². The van der Waals surface area contributed by atoms with E-state index in [1.54, 1.807) is 0 Å². The lowest BCUT2D eigenvalue weighted by Crippen LogP contribution is -2.58. The highest BCUT2D eigenvalue weighted by Gasteiger charge is 2.35. The van der Waals surface area contributed by atoms with Gasteiger partial charge in [0.25, 0.3) is 0 Å². The van der Waals surface area contributed by atoms with Crippen LogP contribution in [0, 0.1) is 0 Å². The first kappa shape index (κ1) is 16.0. The van der Waals surface area contributed by atoms with Crippen LogP contribution in [0.2, 0.25) is 0 Å². The number of carbonyl (C=O) groups excluding carboxylic acids is 1. The van der Waals surface area contributed by atoms with Crippen LogP contribution in [0.3, 0.4) is 0 Å². The predicted molar refractivity (Wildman–Crippen MR) is 79.3 cm³/mol. The highest BCUT2D eigenvalue weighted by atomic mass is 16.4. The Hall–Kier alpha value is -1.34. The quantitative estimate of drug-likeness (QED) is 0.740. The molecule has 0 atom stereocenters. The van der Waals surface area contributed by atoms with Crippen molar-refractivity contribution in [2.24, 2.45) is 0 Å². The smallest absolute Gasteiger partial charge is 0.317 e. The second kappa shape index (κ2) is 7.09. The number of nitrogens with one attached hydrogen (secondary N) is 1. The lowest BCUT2D eigenvalue weighted by Gasteiger charge is -2.43. The molecule has 1 heterocycles. The number of carboxylic acids is 1. The molecule has 2 aliphatic rings. The van der Waals surface area contributed by atoms with Gasteiger partial charge in [-0.15, -0.1) is 0 Å². The third kappa shape index (κ3) is 4.31. The molecule has 0 radical (unpaired) electrons. The average Bonchev–Trinajstić information content (AvgIpc) is 2.40. The fourth-order valence-corrected chi connectivity index (χ4v) is 2.95. The summed E-state index contributed by atoms with van der Waals surface area (Å²) in [5.74, 6) is -0.790. The molecular formula is C14H26N4O3. The van der Waals surface area contributed by atoms with E-state index in [9.17, 15) is 9.59 Å². The fourth-order valence-electron chi connectivity index (χ4n) is 2.95. The molecule has 1 saturated heterocycles. The third-order valence-electron chi connectivity index (χ3n) is 4.49. The summed E-state index contributed by atoms with van der Waals surface area (Å²) in [5, 5.41) is 11.9. The maximum atomic E-state index is 12.1. The molecule has 7 heteroatoms. The highest BCUT2D eigenvalue weighted by molar-refractivity contribution is 5.74. The van der Waals surface area contributed by atoms with Crippen LogP contribution in [0.15, 0.2) is 0 Å². The Morgan fingerprint density at radius 2 is 1.86 bits per heavy atom. The molecule has 0 spiro atoms. The number of likely N-dealkylation sites (N-methyl/N-ethyl adjacent to an activating group) is 2. The van der Waals surface area contributed by atoms with Crippen molar-refractivity contribution in [3.05, 3.63) is 0 Å². The van der Waals surface area contributed by atoms with E-state index in [0.717, 1.165) is 45.6 Å². The van der Waals surface area contributed by atoms with Crippen LogP contribution in [0.4, 0.5) is 4.79 Å². The molecule has 0 aromatic carbocycles. The first-order valence-electron chi connectivity index (χ1n) is 7.69. The van der Waals surface area contributed by atoms with E-state index in [1.165, 1.54) is 0 Å². The van der Waals surface area contributed by atoms with Crippen molar-refractivity contribution in [3.63, 3.8) is 0 Å². The summed E-state index contributed by atoms with van der Waals surface area (Å²) in [7, 11) is 2.06. The van der Waals surface area contributed by atoms with Gasteiger partial charge in [-0.25, -0.2) is 4.79 Å². The molecule has 0 unspecified atom stereocenters. The molecule has 1 saturated carbocycles. The summed E-state index contributed by atoms with van der Waals surface area (Å²) < 4.78 is 0. The Morgan fingerprint density at radius 1 is 1.24 bits per heavy atom. The lowest BCUT2D eigenvalue weighted by atomic mass is 9.85. The van der Waals surface area contributed by atoms with Gasteiger partial charge >= 0.3 is 12.0 Å². The molecule has 7 nitrogen and oxygen atoms in total. The number of carbonyl (C=O) groups is 2. The van der Waals surface area contributed by atoms with Gasteiger partial charge < -0.3 is 20.2 Å². The average molecular weight is 298 g/mol. The molecule has 2 fully saturated rings. The second-order valence-corrected chi connectivity index (χ2v) is 6.02. The van der Waals surface area contributed by atoms with Crippen LogP contribution in [0.1, 0.15) is 19.8 Å². The van der Waals surface area contributed by atoms with Gasteiger partial charge in [0, 0.05) is 38.3 Å². The number of rotatable bonds is 5. The summed E-state index contributed by atoms with van der Waals surface area (Å²) in [6, 6.07) is 0.488. The van der Waals surface area contributed by atoms with Gasteiger partial charge in [0.05, 0.1) is 6.54 Å². The van der Waals surface area contributed by atoms with Gasteiger partial charge in [-0.05, 0) is 26.4 Å². The number of urea groups is 1. The molecule has 2 rings (SSSR count). The predicted octanol–water partition coefficient (Wildman–Crippen LogP) is -0.119. The number of aliphatic carboxylic acids is 1. The molecule has 21 heavy (non-hydrogen) atoms. The summed E-state index contributed by atoms with van der Waals surface area (Å²) >= 11 is 0. The van der Waals surface area contributed by atoms with Gasteiger partial charge in [0.1, 0.15) is 0 Å². The third-order valence-corrected chi connectivity index (χ3v) is 4.49. The van der Waals surface area contributed by atoms with Gasteiger partial charge in [-0.1, -0.05) is 6.92 Å². The standard InChI is InChI=1S/C14H26N4O3/c1-3-17(10-13(19)20)12-8-11(9-12)15-14(21)18-6-4-16(2)5-7-18/h11-12H,3-10H2,1-2H3,(H,15,21)(H,19,20). The largest absolute Gasteiger partial charge is 0.480 e. The number of piperazine rings is 1. The van der Waals surface area contributed by atoms with Gasteiger partial charge in [-0.3, -0.25) is 9.69 Å². The van der Waals surface area contributed by atoms with E-state index in [0.29, 0.717) is 0 Å². The Labute approximate surface area is 125 Å². The molecule has 1 aliphatic carbocycles. The van der Waals surface area contributed by atoms with Crippen molar-refractivity contribution in [2.75, 3.05) is 46.3 Å². The molecular weight excluding hydrogens is 272 g/mol. The van der Waals surface area contributed by atoms with E-state index in [-0.39, 0.29) is 24.7 Å². The molecule has 120 valence electrons. The zero-order chi connectivity index (χ0) is 15.4. The van der Waals surface area contributed by atoms with Crippen molar-refractivity contribution in [1.29, 1.82) is 0 Å². The van der Waals surface area contributed by atoms with Crippen LogP contribution in [-0.2, 0) is 4.79 Å². The second-order valence-electron chi connectivity index (χ2n) is 6.02. The Kier molecular flexibility index (Phi) is 5.41. The SMILES string of the molecule is CCN(CC(=O)O)C1CC(NC(=O)N2CCN(C)CC2)C1. The normalized spacial score (nSPS) is 26.5. The van der Waals surface area contributed by atoms with E-state index >= 15 is 0 Å². The Bertz CT molecular complexity index is 376. The highest BCUT2D eigenvalue weighted by Crippen LogP contribution is 2.25. The van der Waals surface area contributed by atoms with Crippen LogP contribution < -0.4 is 5.32 Å². The molecule has 0 bridgehead atoms. The van der Waals surface area contributed by atoms with Crippen LogP contribution >= 0.6 is 0 Å². The van der Waals surface area contributed by atoms with E-state index in [4.69, 9.17) is 5.11 Å². The van der Waals surface area contributed by atoms with Crippen molar-refractivity contribution < 1.29 is 14.7 Å². The van der Waals surface area contributed by atoms with Crippen molar-refractivity contribution >= 4 is 12.0 Å². The first-order valence-corrected chi connectivity index (χ1v) is 7.69. The minimum absolute atomic E-state index is 0.0211. The van der Waals surface area contributed by atoms with Crippen molar-refractivity contribution in [3.8, 4) is 0 Å². The molecule has 1 aliphatic heterocycles. The van der Waals surface area contributed by atoms with Crippen molar-refractivity contribution in [2.45, 2.75) is 31.8 Å². The topological polar surface area (TPSA) is 76.1 Å². The minimum atomic E-state index is -0.790. The van der Waals surface area contributed by atoms with Crippen LogP contribution in [-0.4, -0.2) is 90.2 Å². The molecule has 0 aromatic rings. The maximum absolute atomic E-state index is 12.1. The number of hydrogen-bond acceptors (Lipinski definition) is 4. The van der Waals surface area contributed by atoms with Gasteiger partial charge in [-0.2, -0.15) is 0 Å². The summed E-state index contributed by atoms with van der Waals surface area (Å²) in [4.78, 5) is 28.9. The Morgan fingerprint density at radius 3 is 2.38 bits per heavy atom. The van der Waals surface area contributed by atoms with Gasteiger partial charge in [0.2, 0.25) is 0 Å². The van der Waals surface area contributed by atoms with Crippen LogP contribution in [0.5, 0.6) is 0 Å². The maximum Gasteiger partial charge on any atom is 0.317 e. The zero-order valence-corrected chi connectivity index (χ0v) is 12.9. The summed E-state index contributed by atoms with van der Waals surface area (Å²) in [6.07, 6.45) is 1.70. The summed E-state index contributed by atoms with van der Waals surface area (Å²) in [5.41, 5.74) is 0.